The number of carbonyl (C=O) groups is 2. The normalized spacial score (nSPS) is 8.95. The molecule has 0 aliphatic heterocycles. The molecule has 0 aliphatic rings. The molecule has 96 valence electrons. The van der Waals surface area contributed by atoms with E-state index in [4.69, 9.17) is 12.8 Å². The summed E-state index contributed by atoms with van der Waals surface area (Å²) in [6, 6.07) is 1.88. The predicted octanol–water partition coefficient (Wildman–Crippen LogP) is 0.220. The molecular weight excluding hydrogens is 252 g/mol. The van der Waals surface area contributed by atoms with E-state index in [1.54, 1.807) is 0 Å². The Kier molecular flexibility index (Phi) is 4.94. The molecule has 0 atom stereocenters. The van der Waals surface area contributed by atoms with Crippen LogP contribution >= 0.6 is 0 Å². The van der Waals surface area contributed by atoms with Crippen LogP contribution in [0.3, 0.4) is 0 Å². The fourth-order valence-electron chi connectivity index (χ4n) is 1.06. The van der Waals surface area contributed by atoms with E-state index in [0.717, 1.165) is 12.1 Å². The maximum absolute atomic E-state index is 11.5. The van der Waals surface area contributed by atoms with Crippen molar-refractivity contribution in [2.75, 3.05) is 13.2 Å². The van der Waals surface area contributed by atoms with Crippen LogP contribution in [0.25, 0.3) is 0 Å². The van der Waals surface area contributed by atoms with Crippen molar-refractivity contribution in [2.24, 2.45) is 0 Å². The van der Waals surface area contributed by atoms with Crippen molar-refractivity contribution in [1.29, 1.82) is 0 Å². The zero-order valence-corrected chi connectivity index (χ0v) is 9.67. The number of hydrogen-bond donors (Lipinski definition) is 0. The molecule has 0 spiro atoms. The fraction of sp³-hybridized carbons (Fsp3) is 0.154. The average molecular weight is 260 g/mol. The van der Waals surface area contributed by atoms with Crippen LogP contribution in [0.15, 0.2) is 21.3 Å². The molecule has 0 aromatic carbocycles. The Morgan fingerprint density at radius 2 is 1.68 bits per heavy atom. The van der Waals surface area contributed by atoms with Gasteiger partial charge in [0.15, 0.2) is 13.2 Å². The Labute approximate surface area is 108 Å². The third-order valence-electron chi connectivity index (χ3n) is 1.78. The Morgan fingerprint density at radius 1 is 1.11 bits per heavy atom. The van der Waals surface area contributed by atoms with Gasteiger partial charge in [-0.15, -0.1) is 12.8 Å². The van der Waals surface area contributed by atoms with E-state index in [0.29, 0.717) is 0 Å². The Balaban J connectivity index is 2.98. The van der Waals surface area contributed by atoms with E-state index >= 15 is 0 Å². The summed E-state index contributed by atoms with van der Waals surface area (Å²) in [4.78, 5) is 34.1. The Morgan fingerprint density at radius 3 is 2.26 bits per heavy atom. The zero-order valence-electron chi connectivity index (χ0n) is 9.67. The van der Waals surface area contributed by atoms with Crippen molar-refractivity contribution in [3.63, 3.8) is 0 Å². The molecule has 1 rings (SSSR count). The molecule has 0 fully saturated rings. The van der Waals surface area contributed by atoms with Crippen LogP contribution in [-0.2, 0) is 9.47 Å². The number of terminal acetylenes is 2. The van der Waals surface area contributed by atoms with Gasteiger partial charge in [0.1, 0.15) is 0 Å². The summed E-state index contributed by atoms with van der Waals surface area (Å²) in [6.07, 6.45) is 9.82. The van der Waals surface area contributed by atoms with Gasteiger partial charge in [0, 0.05) is 12.1 Å². The van der Waals surface area contributed by atoms with E-state index in [9.17, 15) is 14.4 Å². The summed E-state index contributed by atoms with van der Waals surface area (Å²) in [5.74, 6) is 1.91. The molecule has 1 aromatic rings. The van der Waals surface area contributed by atoms with Gasteiger partial charge in [0.2, 0.25) is 5.76 Å². The number of rotatable bonds is 4. The minimum absolute atomic E-state index is 0.167. The molecule has 1 aromatic heterocycles. The summed E-state index contributed by atoms with van der Waals surface area (Å²) in [6.45, 7) is -0.537. The first-order chi connectivity index (χ1) is 9.08. The van der Waals surface area contributed by atoms with Crippen LogP contribution in [0.2, 0.25) is 0 Å². The van der Waals surface area contributed by atoms with Crippen molar-refractivity contribution in [2.45, 2.75) is 0 Å². The minimum atomic E-state index is -0.957. The van der Waals surface area contributed by atoms with Crippen molar-refractivity contribution < 1.29 is 23.5 Å². The highest BCUT2D eigenvalue weighted by Crippen LogP contribution is 2.05. The molecule has 19 heavy (non-hydrogen) atoms. The predicted molar refractivity (Wildman–Crippen MR) is 63.2 cm³/mol. The fourth-order valence-corrected chi connectivity index (χ4v) is 1.06. The van der Waals surface area contributed by atoms with Gasteiger partial charge >= 0.3 is 17.6 Å². The first-order valence-electron chi connectivity index (χ1n) is 4.95. The van der Waals surface area contributed by atoms with Gasteiger partial charge in [-0.05, 0) is 0 Å². The molecule has 6 nitrogen and oxygen atoms in total. The topological polar surface area (TPSA) is 82.8 Å². The highest BCUT2D eigenvalue weighted by atomic mass is 16.5. The van der Waals surface area contributed by atoms with Crippen LogP contribution in [0.4, 0.5) is 0 Å². The minimum Gasteiger partial charge on any atom is -0.449 e. The standard InChI is InChI=1S/C13H8O6/c1-3-5-17-12(15)9-7-10(19-11(14)8-9)13(16)18-6-4-2/h1-2,7-8H,5-6H2. The molecule has 0 radical (unpaired) electrons. The van der Waals surface area contributed by atoms with Crippen LogP contribution in [0.1, 0.15) is 20.9 Å². The second kappa shape index (κ2) is 6.67. The maximum Gasteiger partial charge on any atom is 0.375 e. The van der Waals surface area contributed by atoms with Gasteiger partial charge in [0.25, 0.3) is 0 Å². The molecular formula is C13H8O6. The quantitative estimate of drug-likeness (QED) is 0.569. The second-order valence-electron chi connectivity index (χ2n) is 3.09. The van der Waals surface area contributed by atoms with Crippen molar-refractivity contribution in [3.05, 3.63) is 33.9 Å². The molecule has 0 bridgehead atoms. The van der Waals surface area contributed by atoms with Gasteiger partial charge in [-0.2, -0.15) is 0 Å². The van der Waals surface area contributed by atoms with Crippen molar-refractivity contribution in [1.82, 2.24) is 0 Å². The monoisotopic (exact) mass is 260 g/mol. The van der Waals surface area contributed by atoms with E-state index in [-0.39, 0.29) is 18.8 Å². The molecule has 0 saturated heterocycles. The average Bonchev–Trinajstić information content (AvgIpc) is 2.41. The maximum atomic E-state index is 11.5. The molecule has 0 saturated carbocycles. The Hall–Kier alpha value is -2.99. The van der Waals surface area contributed by atoms with E-state index in [1.165, 1.54) is 0 Å². The van der Waals surface area contributed by atoms with E-state index in [2.05, 4.69) is 25.7 Å². The third-order valence-corrected chi connectivity index (χ3v) is 1.78. The van der Waals surface area contributed by atoms with Crippen LogP contribution in [-0.4, -0.2) is 25.2 Å². The molecule has 6 heteroatoms. The summed E-state index contributed by atoms with van der Waals surface area (Å²) in [5.41, 5.74) is -1.07. The van der Waals surface area contributed by atoms with Crippen molar-refractivity contribution in [3.8, 4) is 24.7 Å². The van der Waals surface area contributed by atoms with Crippen LogP contribution in [0.5, 0.6) is 0 Å². The lowest BCUT2D eigenvalue weighted by Crippen LogP contribution is -2.14. The summed E-state index contributed by atoms with van der Waals surface area (Å²) in [7, 11) is 0. The van der Waals surface area contributed by atoms with Crippen LogP contribution in [0, 0.1) is 24.7 Å². The second-order valence-corrected chi connectivity index (χ2v) is 3.09. The summed E-state index contributed by atoms with van der Waals surface area (Å²) < 4.78 is 13.7. The molecule has 0 N–H and O–H groups in total. The van der Waals surface area contributed by atoms with Gasteiger partial charge in [-0.3, -0.25) is 0 Å². The highest BCUT2D eigenvalue weighted by Gasteiger charge is 2.16. The lowest BCUT2D eigenvalue weighted by molar-refractivity contribution is 0.0513. The molecule has 1 heterocycles. The smallest absolute Gasteiger partial charge is 0.375 e. The van der Waals surface area contributed by atoms with Gasteiger partial charge in [-0.1, -0.05) is 11.8 Å². The SMILES string of the molecule is C#CCOC(=O)c1cc(C(=O)OCC#C)oc(=O)c1. The van der Waals surface area contributed by atoms with Gasteiger partial charge in [-0.25, -0.2) is 14.4 Å². The van der Waals surface area contributed by atoms with Gasteiger partial charge in [0.05, 0.1) is 5.56 Å². The number of carbonyl (C=O) groups excluding carboxylic acids is 2. The number of hydrogen-bond acceptors (Lipinski definition) is 6. The lowest BCUT2D eigenvalue weighted by atomic mass is 10.2. The largest absolute Gasteiger partial charge is 0.449 e. The number of ether oxygens (including phenoxy) is 2. The number of esters is 2. The first kappa shape index (κ1) is 14.1. The molecule has 0 aliphatic carbocycles. The van der Waals surface area contributed by atoms with Crippen LogP contribution < -0.4 is 5.63 Å². The summed E-state index contributed by atoms with van der Waals surface area (Å²) >= 11 is 0. The summed E-state index contributed by atoms with van der Waals surface area (Å²) in [5, 5.41) is 0. The third kappa shape index (κ3) is 4.06. The first-order valence-corrected chi connectivity index (χ1v) is 4.95. The van der Waals surface area contributed by atoms with E-state index < -0.39 is 23.3 Å². The molecule has 0 unspecified atom stereocenters. The Bertz CT molecular complexity index is 575. The zero-order chi connectivity index (χ0) is 14.3. The van der Waals surface area contributed by atoms with Crippen molar-refractivity contribution >= 4 is 11.9 Å². The van der Waals surface area contributed by atoms with Gasteiger partial charge < -0.3 is 13.9 Å². The molecule has 0 amide bonds. The van der Waals surface area contributed by atoms with E-state index in [1.807, 2.05) is 0 Å². The highest BCUT2D eigenvalue weighted by molar-refractivity contribution is 5.93. The lowest BCUT2D eigenvalue weighted by Gasteiger charge is -2.03.